The van der Waals surface area contributed by atoms with Crippen molar-refractivity contribution in [3.05, 3.63) is 17.7 Å². The molecule has 1 rings (SSSR count). The van der Waals surface area contributed by atoms with E-state index in [1.807, 2.05) is 0 Å². The summed E-state index contributed by atoms with van der Waals surface area (Å²) in [5, 5.41) is 7.49. The van der Waals surface area contributed by atoms with Crippen LogP contribution in [0.3, 0.4) is 0 Å². The first-order valence-corrected chi connectivity index (χ1v) is 5.06. The van der Waals surface area contributed by atoms with Gasteiger partial charge in [-0.3, -0.25) is 5.41 Å². The molecular weight excluding hydrogens is 222 g/mol. The predicted octanol–water partition coefficient (Wildman–Crippen LogP) is 1.88. The summed E-state index contributed by atoms with van der Waals surface area (Å²) in [6.07, 6.45) is 0.382. The number of ether oxygens (including phenoxy) is 4. The van der Waals surface area contributed by atoms with Crippen molar-refractivity contribution >= 4 is 5.90 Å². The fourth-order valence-electron chi connectivity index (χ4n) is 1.50. The number of hydrogen-bond acceptors (Lipinski definition) is 5. The lowest BCUT2D eigenvalue weighted by Gasteiger charge is -2.14. The number of nitrogens with one attached hydrogen (secondary N) is 1. The largest absolute Gasteiger partial charge is 0.493 e. The van der Waals surface area contributed by atoms with Crippen molar-refractivity contribution in [2.45, 2.75) is 6.42 Å². The van der Waals surface area contributed by atoms with Crippen molar-refractivity contribution in [1.29, 1.82) is 5.41 Å². The minimum absolute atomic E-state index is 0.180. The molecule has 0 aliphatic heterocycles. The maximum Gasteiger partial charge on any atom is 0.203 e. The van der Waals surface area contributed by atoms with Crippen molar-refractivity contribution in [2.24, 2.45) is 0 Å². The normalized spacial score (nSPS) is 9.65. The van der Waals surface area contributed by atoms with Crippen LogP contribution in [0.1, 0.15) is 5.56 Å². The van der Waals surface area contributed by atoms with E-state index in [0.717, 1.165) is 5.56 Å². The molecule has 1 aromatic rings. The average molecular weight is 239 g/mol. The summed E-state index contributed by atoms with van der Waals surface area (Å²) in [7, 11) is 6.14. The van der Waals surface area contributed by atoms with E-state index in [4.69, 9.17) is 24.4 Å². The highest BCUT2D eigenvalue weighted by atomic mass is 16.5. The van der Waals surface area contributed by atoms with Gasteiger partial charge < -0.3 is 18.9 Å². The topological polar surface area (TPSA) is 60.8 Å². The fraction of sp³-hybridized carbons (Fsp3) is 0.417. The highest BCUT2D eigenvalue weighted by molar-refractivity contribution is 5.76. The smallest absolute Gasteiger partial charge is 0.203 e. The summed E-state index contributed by atoms with van der Waals surface area (Å²) in [5.74, 6) is 1.87. The molecule has 0 saturated heterocycles. The van der Waals surface area contributed by atoms with E-state index in [0.29, 0.717) is 23.7 Å². The third kappa shape index (κ3) is 3.03. The number of hydrogen-bond donors (Lipinski definition) is 1. The lowest BCUT2D eigenvalue weighted by Crippen LogP contribution is -2.04. The maximum absolute atomic E-state index is 7.49. The van der Waals surface area contributed by atoms with E-state index in [1.54, 1.807) is 33.5 Å². The van der Waals surface area contributed by atoms with Crippen molar-refractivity contribution in [2.75, 3.05) is 28.4 Å². The fourth-order valence-corrected chi connectivity index (χ4v) is 1.50. The molecule has 0 aromatic heterocycles. The van der Waals surface area contributed by atoms with Gasteiger partial charge in [0.25, 0.3) is 0 Å². The lowest BCUT2D eigenvalue weighted by atomic mass is 10.1. The van der Waals surface area contributed by atoms with Gasteiger partial charge in [-0.1, -0.05) is 0 Å². The summed E-state index contributed by atoms with van der Waals surface area (Å²) in [5.41, 5.74) is 0.867. The first-order chi connectivity index (χ1) is 8.15. The van der Waals surface area contributed by atoms with Crippen molar-refractivity contribution in [3.63, 3.8) is 0 Å². The van der Waals surface area contributed by atoms with Gasteiger partial charge in [0.15, 0.2) is 17.4 Å². The van der Waals surface area contributed by atoms with Gasteiger partial charge in [-0.25, -0.2) is 0 Å². The molecule has 0 aliphatic carbocycles. The molecule has 5 heteroatoms. The SMILES string of the molecule is COC(=N)Cc1cc(OC)c(OC)c(OC)c1. The predicted molar refractivity (Wildman–Crippen MR) is 64.5 cm³/mol. The Bertz CT molecular complexity index is 378. The summed E-state index contributed by atoms with van der Waals surface area (Å²) in [6.45, 7) is 0. The summed E-state index contributed by atoms with van der Waals surface area (Å²) >= 11 is 0. The molecule has 0 saturated carbocycles. The average Bonchev–Trinajstić information content (AvgIpc) is 2.37. The number of rotatable bonds is 5. The Hall–Kier alpha value is -1.91. The quantitative estimate of drug-likeness (QED) is 0.629. The van der Waals surface area contributed by atoms with Crippen LogP contribution in [0, 0.1) is 5.41 Å². The van der Waals surface area contributed by atoms with E-state index >= 15 is 0 Å². The van der Waals surface area contributed by atoms with Gasteiger partial charge in [-0.05, 0) is 17.7 Å². The maximum atomic E-state index is 7.49. The Kier molecular flexibility index (Phi) is 4.63. The molecule has 17 heavy (non-hydrogen) atoms. The van der Waals surface area contributed by atoms with E-state index in [2.05, 4.69) is 0 Å². The van der Waals surface area contributed by atoms with Crippen LogP contribution < -0.4 is 14.2 Å². The second-order valence-electron chi connectivity index (χ2n) is 3.34. The molecule has 0 bridgehead atoms. The molecule has 1 N–H and O–H groups in total. The highest BCUT2D eigenvalue weighted by Crippen LogP contribution is 2.38. The van der Waals surface area contributed by atoms with Gasteiger partial charge in [-0.2, -0.15) is 0 Å². The van der Waals surface area contributed by atoms with Crippen LogP contribution in [0.15, 0.2) is 12.1 Å². The molecule has 94 valence electrons. The number of benzene rings is 1. The van der Waals surface area contributed by atoms with Gasteiger partial charge >= 0.3 is 0 Å². The third-order valence-electron chi connectivity index (χ3n) is 2.34. The zero-order valence-electron chi connectivity index (χ0n) is 10.5. The Morgan fingerprint density at radius 2 is 1.53 bits per heavy atom. The van der Waals surface area contributed by atoms with E-state index in [1.165, 1.54) is 7.11 Å². The molecule has 0 spiro atoms. The first kappa shape index (κ1) is 13.2. The van der Waals surface area contributed by atoms with E-state index < -0.39 is 0 Å². The highest BCUT2D eigenvalue weighted by Gasteiger charge is 2.13. The molecule has 5 nitrogen and oxygen atoms in total. The van der Waals surface area contributed by atoms with Gasteiger partial charge in [0.1, 0.15) is 0 Å². The van der Waals surface area contributed by atoms with Crippen molar-refractivity contribution < 1.29 is 18.9 Å². The summed E-state index contributed by atoms with van der Waals surface area (Å²) < 4.78 is 20.5. The molecule has 0 atom stereocenters. The van der Waals surface area contributed by atoms with Gasteiger partial charge in [0.2, 0.25) is 5.75 Å². The second-order valence-corrected chi connectivity index (χ2v) is 3.34. The molecule has 1 aromatic carbocycles. The third-order valence-corrected chi connectivity index (χ3v) is 2.34. The summed E-state index contributed by atoms with van der Waals surface area (Å²) in [4.78, 5) is 0. The van der Waals surface area contributed by atoms with Crippen LogP contribution >= 0.6 is 0 Å². The summed E-state index contributed by atoms with van der Waals surface area (Å²) in [6, 6.07) is 3.60. The molecule has 0 unspecified atom stereocenters. The number of methoxy groups -OCH3 is 4. The monoisotopic (exact) mass is 239 g/mol. The Balaban J connectivity index is 3.13. The molecule has 0 amide bonds. The minimum atomic E-state index is 0.180. The van der Waals surface area contributed by atoms with Crippen LogP contribution in [-0.2, 0) is 11.2 Å². The molecule has 0 fully saturated rings. The zero-order valence-corrected chi connectivity index (χ0v) is 10.5. The Labute approximate surface area is 101 Å². The van der Waals surface area contributed by atoms with E-state index in [-0.39, 0.29) is 5.90 Å². The van der Waals surface area contributed by atoms with Crippen LogP contribution in [0.25, 0.3) is 0 Å². The van der Waals surface area contributed by atoms with Crippen LogP contribution in [0.4, 0.5) is 0 Å². The standard InChI is InChI=1S/C12H17NO4/c1-14-9-5-8(7-11(13)16-3)6-10(15-2)12(9)17-4/h5-6,13H,7H2,1-4H3. The Morgan fingerprint density at radius 3 is 1.88 bits per heavy atom. The van der Waals surface area contributed by atoms with Gasteiger partial charge in [0.05, 0.1) is 28.4 Å². The first-order valence-electron chi connectivity index (χ1n) is 5.06. The molecule has 0 aliphatic rings. The minimum Gasteiger partial charge on any atom is -0.493 e. The van der Waals surface area contributed by atoms with Crippen LogP contribution in [0.2, 0.25) is 0 Å². The molecular formula is C12H17NO4. The second kappa shape index (κ2) is 5.98. The lowest BCUT2D eigenvalue weighted by molar-refractivity contribution is 0.323. The van der Waals surface area contributed by atoms with Gasteiger partial charge in [-0.15, -0.1) is 0 Å². The zero-order chi connectivity index (χ0) is 12.8. The van der Waals surface area contributed by atoms with Crippen molar-refractivity contribution in [1.82, 2.24) is 0 Å². The van der Waals surface area contributed by atoms with Gasteiger partial charge in [0, 0.05) is 6.42 Å². The van der Waals surface area contributed by atoms with Crippen molar-refractivity contribution in [3.8, 4) is 17.2 Å². The molecule has 0 radical (unpaired) electrons. The van der Waals surface area contributed by atoms with Crippen LogP contribution in [-0.4, -0.2) is 34.3 Å². The van der Waals surface area contributed by atoms with E-state index in [9.17, 15) is 0 Å². The Morgan fingerprint density at radius 1 is 1.00 bits per heavy atom. The van der Waals surface area contributed by atoms with Crippen LogP contribution in [0.5, 0.6) is 17.2 Å². The molecule has 0 heterocycles.